The first-order valence-electron chi connectivity index (χ1n) is 5.54. The Balaban J connectivity index is 2.77. The lowest BCUT2D eigenvalue weighted by Crippen LogP contribution is -2.21. The van der Waals surface area contributed by atoms with Gasteiger partial charge in [0, 0.05) is 6.04 Å². The van der Waals surface area contributed by atoms with Crippen LogP contribution >= 0.6 is 0 Å². The van der Waals surface area contributed by atoms with E-state index in [1.54, 1.807) is 0 Å². The highest BCUT2D eigenvalue weighted by Gasteiger charge is 2.11. The lowest BCUT2D eigenvalue weighted by molar-refractivity contribution is 0.157. The van der Waals surface area contributed by atoms with E-state index in [1.807, 2.05) is 32.9 Å². The van der Waals surface area contributed by atoms with Crippen molar-refractivity contribution in [3.63, 3.8) is 0 Å². The smallest absolute Gasteiger partial charge is 0.0805 e. The summed E-state index contributed by atoms with van der Waals surface area (Å²) in [6.07, 6.45) is 1.11. The highest BCUT2D eigenvalue weighted by Crippen LogP contribution is 2.21. The number of benzene rings is 1. The molecule has 2 heteroatoms. The standard InChI is InChI=1S/C13H21NO/c1-4-12(14)8-13(15)11-6-9(2)5-10(3)7-11/h5-7,12-13,15H,4,8,14H2,1-3H3. The van der Waals surface area contributed by atoms with Crippen LogP contribution in [0.5, 0.6) is 0 Å². The molecule has 2 atom stereocenters. The van der Waals surface area contributed by atoms with Crippen LogP contribution in [0.3, 0.4) is 0 Å². The van der Waals surface area contributed by atoms with E-state index in [0.29, 0.717) is 6.42 Å². The summed E-state index contributed by atoms with van der Waals surface area (Å²) in [5, 5.41) is 9.99. The van der Waals surface area contributed by atoms with E-state index >= 15 is 0 Å². The van der Waals surface area contributed by atoms with Gasteiger partial charge >= 0.3 is 0 Å². The minimum Gasteiger partial charge on any atom is -0.388 e. The topological polar surface area (TPSA) is 46.2 Å². The van der Waals surface area contributed by atoms with Gasteiger partial charge in [-0.25, -0.2) is 0 Å². The molecule has 1 rings (SSSR count). The molecule has 0 aliphatic carbocycles. The van der Waals surface area contributed by atoms with E-state index in [-0.39, 0.29) is 6.04 Å². The molecule has 2 unspecified atom stereocenters. The monoisotopic (exact) mass is 207 g/mol. The second kappa shape index (κ2) is 5.29. The third kappa shape index (κ3) is 3.65. The fourth-order valence-corrected chi connectivity index (χ4v) is 1.79. The zero-order chi connectivity index (χ0) is 11.4. The van der Waals surface area contributed by atoms with Gasteiger partial charge in [-0.2, -0.15) is 0 Å². The van der Waals surface area contributed by atoms with Gasteiger partial charge in [-0.15, -0.1) is 0 Å². The minimum atomic E-state index is -0.432. The van der Waals surface area contributed by atoms with Crippen LogP contribution in [-0.4, -0.2) is 11.1 Å². The fourth-order valence-electron chi connectivity index (χ4n) is 1.79. The lowest BCUT2D eigenvalue weighted by Gasteiger charge is -2.16. The minimum absolute atomic E-state index is 0.0841. The van der Waals surface area contributed by atoms with Crippen LogP contribution in [0.1, 0.15) is 42.6 Å². The van der Waals surface area contributed by atoms with Crippen LogP contribution in [0.4, 0.5) is 0 Å². The maximum atomic E-state index is 9.99. The van der Waals surface area contributed by atoms with Crippen molar-refractivity contribution in [2.75, 3.05) is 0 Å². The number of aliphatic hydroxyl groups is 1. The predicted molar refractivity (Wildman–Crippen MR) is 63.8 cm³/mol. The van der Waals surface area contributed by atoms with Gasteiger partial charge in [0.25, 0.3) is 0 Å². The Morgan fingerprint density at radius 2 is 1.73 bits per heavy atom. The molecule has 1 aromatic rings. The van der Waals surface area contributed by atoms with E-state index in [1.165, 1.54) is 11.1 Å². The van der Waals surface area contributed by atoms with Crippen molar-refractivity contribution in [2.24, 2.45) is 5.73 Å². The van der Waals surface area contributed by atoms with Crippen LogP contribution in [0.25, 0.3) is 0 Å². The summed E-state index contributed by atoms with van der Waals surface area (Å²) in [4.78, 5) is 0. The molecule has 3 N–H and O–H groups in total. The molecule has 0 fully saturated rings. The molecular weight excluding hydrogens is 186 g/mol. The van der Waals surface area contributed by atoms with Gasteiger partial charge in [0.1, 0.15) is 0 Å². The van der Waals surface area contributed by atoms with Crippen LogP contribution in [0, 0.1) is 13.8 Å². The number of aliphatic hydroxyl groups excluding tert-OH is 1. The molecule has 1 aromatic carbocycles. The second-order valence-corrected chi connectivity index (χ2v) is 4.34. The predicted octanol–water partition coefficient (Wildman–Crippen LogP) is 2.46. The van der Waals surface area contributed by atoms with Gasteiger partial charge in [-0.05, 0) is 32.3 Å². The molecule has 0 spiro atoms. The molecule has 0 saturated carbocycles. The number of rotatable bonds is 4. The summed E-state index contributed by atoms with van der Waals surface area (Å²) in [5.74, 6) is 0. The lowest BCUT2D eigenvalue weighted by atomic mass is 9.98. The third-order valence-electron chi connectivity index (χ3n) is 2.68. The summed E-state index contributed by atoms with van der Waals surface area (Å²) in [7, 11) is 0. The van der Waals surface area contributed by atoms with Crippen molar-refractivity contribution in [1.82, 2.24) is 0 Å². The quantitative estimate of drug-likeness (QED) is 0.796. The van der Waals surface area contributed by atoms with Crippen LogP contribution in [-0.2, 0) is 0 Å². The average Bonchev–Trinajstić information content (AvgIpc) is 2.16. The van der Waals surface area contributed by atoms with Crippen molar-refractivity contribution < 1.29 is 5.11 Å². The molecule has 84 valence electrons. The maximum Gasteiger partial charge on any atom is 0.0805 e. The first-order chi connectivity index (χ1) is 7.02. The Kier molecular flexibility index (Phi) is 4.30. The largest absolute Gasteiger partial charge is 0.388 e. The molecule has 0 aliphatic rings. The van der Waals surface area contributed by atoms with E-state index in [0.717, 1.165) is 12.0 Å². The first-order valence-corrected chi connectivity index (χ1v) is 5.54. The molecule has 0 aromatic heterocycles. The maximum absolute atomic E-state index is 9.99. The van der Waals surface area contributed by atoms with Crippen molar-refractivity contribution in [3.8, 4) is 0 Å². The van der Waals surface area contributed by atoms with Crippen molar-refractivity contribution >= 4 is 0 Å². The van der Waals surface area contributed by atoms with E-state index < -0.39 is 6.10 Å². The zero-order valence-electron chi connectivity index (χ0n) is 9.83. The van der Waals surface area contributed by atoms with E-state index in [9.17, 15) is 5.11 Å². The molecule has 0 aliphatic heterocycles. The van der Waals surface area contributed by atoms with Gasteiger partial charge < -0.3 is 10.8 Å². The van der Waals surface area contributed by atoms with Crippen molar-refractivity contribution in [1.29, 1.82) is 0 Å². The van der Waals surface area contributed by atoms with Gasteiger partial charge in [0.15, 0.2) is 0 Å². The summed E-state index contributed by atoms with van der Waals surface area (Å²) in [5.41, 5.74) is 9.19. The van der Waals surface area contributed by atoms with Gasteiger partial charge in [-0.3, -0.25) is 0 Å². The van der Waals surface area contributed by atoms with Crippen LogP contribution < -0.4 is 5.73 Å². The van der Waals surface area contributed by atoms with E-state index in [4.69, 9.17) is 5.73 Å². The Morgan fingerprint density at radius 1 is 1.20 bits per heavy atom. The summed E-state index contributed by atoms with van der Waals surface area (Å²) in [6.45, 7) is 6.13. The highest BCUT2D eigenvalue weighted by molar-refractivity contribution is 5.29. The van der Waals surface area contributed by atoms with Crippen LogP contribution in [0.2, 0.25) is 0 Å². The van der Waals surface area contributed by atoms with E-state index in [2.05, 4.69) is 6.07 Å². The summed E-state index contributed by atoms with van der Waals surface area (Å²) in [6, 6.07) is 6.25. The molecule has 0 saturated heterocycles. The number of hydrogen-bond acceptors (Lipinski definition) is 2. The average molecular weight is 207 g/mol. The highest BCUT2D eigenvalue weighted by atomic mass is 16.3. The van der Waals surface area contributed by atoms with Crippen molar-refractivity contribution in [3.05, 3.63) is 34.9 Å². The first kappa shape index (κ1) is 12.2. The fraction of sp³-hybridized carbons (Fsp3) is 0.538. The second-order valence-electron chi connectivity index (χ2n) is 4.34. The molecule has 2 nitrogen and oxygen atoms in total. The molecule has 0 amide bonds. The Bertz CT molecular complexity index is 302. The SMILES string of the molecule is CCC(N)CC(O)c1cc(C)cc(C)c1. The van der Waals surface area contributed by atoms with Gasteiger partial charge in [0.05, 0.1) is 6.10 Å². The molecule has 0 radical (unpaired) electrons. The van der Waals surface area contributed by atoms with Crippen LogP contribution in [0.15, 0.2) is 18.2 Å². The van der Waals surface area contributed by atoms with Crippen molar-refractivity contribution in [2.45, 2.75) is 45.8 Å². The number of aryl methyl sites for hydroxylation is 2. The van der Waals surface area contributed by atoms with Gasteiger partial charge in [-0.1, -0.05) is 36.2 Å². The van der Waals surface area contributed by atoms with Gasteiger partial charge in [0.2, 0.25) is 0 Å². The Hall–Kier alpha value is -0.860. The summed E-state index contributed by atoms with van der Waals surface area (Å²) < 4.78 is 0. The molecular formula is C13H21NO. The Labute approximate surface area is 92.1 Å². The zero-order valence-corrected chi connectivity index (χ0v) is 9.83. The molecule has 0 heterocycles. The normalized spacial score (nSPS) is 15.0. The molecule has 0 bridgehead atoms. The number of hydrogen-bond donors (Lipinski definition) is 2. The third-order valence-corrected chi connectivity index (χ3v) is 2.68. The molecule has 15 heavy (non-hydrogen) atoms. The number of nitrogens with two attached hydrogens (primary N) is 1. The summed E-state index contributed by atoms with van der Waals surface area (Å²) >= 11 is 0. The Morgan fingerprint density at radius 3 is 2.20 bits per heavy atom.